The molecule has 6 heteroatoms. The van der Waals surface area contributed by atoms with Gasteiger partial charge in [0.25, 0.3) is 0 Å². The van der Waals surface area contributed by atoms with E-state index in [4.69, 9.17) is 0 Å². The average molecular weight is 338 g/mol. The van der Waals surface area contributed by atoms with Crippen molar-refractivity contribution in [1.29, 1.82) is 0 Å². The Balaban J connectivity index is 5.83. The van der Waals surface area contributed by atoms with Crippen molar-refractivity contribution in [2.24, 2.45) is 0 Å². The summed E-state index contributed by atoms with van der Waals surface area (Å²) < 4.78 is 31.4. The molecular formula is C15H36N2O2P2. The van der Waals surface area contributed by atoms with Gasteiger partial charge in [-0.15, -0.1) is 0 Å². The van der Waals surface area contributed by atoms with Crippen LogP contribution in [0.4, 0.5) is 0 Å². The Bertz CT molecular complexity index is 361. The number of nitrogens with zero attached hydrogens (tertiary/aromatic N) is 2. The van der Waals surface area contributed by atoms with Gasteiger partial charge in [-0.1, -0.05) is 55.4 Å². The highest BCUT2D eigenvalue weighted by molar-refractivity contribution is 7.79. The molecule has 21 heavy (non-hydrogen) atoms. The molecule has 0 aliphatic heterocycles. The molecule has 0 saturated carbocycles. The van der Waals surface area contributed by atoms with Gasteiger partial charge in [0.15, 0.2) is 0 Å². The Morgan fingerprint density at radius 3 is 1.19 bits per heavy atom. The third-order valence-electron chi connectivity index (χ3n) is 4.50. The van der Waals surface area contributed by atoms with Crippen molar-refractivity contribution in [1.82, 2.24) is 9.34 Å². The Morgan fingerprint density at radius 1 is 0.714 bits per heavy atom. The molecule has 0 saturated heterocycles. The Labute approximate surface area is 132 Å². The van der Waals surface area contributed by atoms with Gasteiger partial charge >= 0.3 is 0 Å². The maximum absolute atomic E-state index is 13.8. The van der Waals surface area contributed by atoms with Crippen LogP contribution in [-0.4, -0.2) is 52.7 Å². The largest absolute Gasteiger partial charge is 0.322 e. The van der Waals surface area contributed by atoms with Gasteiger partial charge in [0.05, 0.1) is 5.90 Å². The summed E-state index contributed by atoms with van der Waals surface area (Å²) in [6, 6.07) is 0. The zero-order valence-corrected chi connectivity index (χ0v) is 17.1. The molecule has 0 aromatic carbocycles. The molecule has 0 aliphatic rings. The molecular weight excluding hydrogens is 302 g/mol. The molecule has 0 atom stereocenters. The predicted octanol–water partition coefficient (Wildman–Crippen LogP) is 5.00. The van der Waals surface area contributed by atoms with Gasteiger partial charge in [-0.2, -0.15) is 0 Å². The van der Waals surface area contributed by atoms with Crippen LogP contribution in [0.15, 0.2) is 0 Å². The summed E-state index contributed by atoms with van der Waals surface area (Å²) in [5.74, 6) is 0.346. The van der Waals surface area contributed by atoms with Crippen molar-refractivity contribution < 1.29 is 9.13 Å². The molecule has 4 nitrogen and oxygen atoms in total. The van der Waals surface area contributed by atoms with Gasteiger partial charge in [0.2, 0.25) is 7.44 Å². The van der Waals surface area contributed by atoms with E-state index >= 15 is 0 Å². The van der Waals surface area contributed by atoms with Gasteiger partial charge < -0.3 is 4.57 Å². The number of rotatable bonds is 10. The molecule has 0 N–H and O–H groups in total. The monoisotopic (exact) mass is 338 g/mol. The van der Waals surface area contributed by atoms with Crippen molar-refractivity contribution in [2.45, 2.75) is 66.7 Å². The first-order valence-corrected chi connectivity index (χ1v) is 12.1. The standard InChI is InChI=1S/C15H36N2O2P2/c1-9-16(10-2)21(19,17(11-3)12-4)13-20(18,14(5)6)15(7)8/h14-15H,9-13H2,1-8H3. The summed E-state index contributed by atoms with van der Waals surface area (Å²) in [5, 5.41) is 0. The van der Waals surface area contributed by atoms with Crippen LogP contribution in [-0.2, 0) is 9.13 Å². The molecule has 0 heterocycles. The molecule has 0 bridgehead atoms. The quantitative estimate of drug-likeness (QED) is 0.526. The van der Waals surface area contributed by atoms with Crippen LogP contribution in [0, 0.1) is 0 Å². The van der Waals surface area contributed by atoms with Crippen LogP contribution in [0.5, 0.6) is 0 Å². The summed E-state index contributed by atoms with van der Waals surface area (Å²) >= 11 is 0. The van der Waals surface area contributed by atoms with Crippen LogP contribution in [0.3, 0.4) is 0 Å². The minimum Gasteiger partial charge on any atom is -0.322 e. The van der Waals surface area contributed by atoms with Gasteiger partial charge in [-0.05, 0) is 0 Å². The predicted molar refractivity (Wildman–Crippen MR) is 96.2 cm³/mol. The molecule has 0 spiro atoms. The van der Waals surface area contributed by atoms with Crippen molar-refractivity contribution in [3.63, 3.8) is 0 Å². The maximum atomic E-state index is 13.8. The topological polar surface area (TPSA) is 40.6 Å². The zero-order chi connectivity index (χ0) is 16.8. The maximum Gasteiger partial charge on any atom is 0.223 e. The first-order chi connectivity index (χ1) is 9.63. The van der Waals surface area contributed by atoms with Crippen LogP contribution >= 0.6 is 14.6 Å². The van der Waals surface area contributed by atoms with Crippen LogP contribution in [0.25, 0.3) is 0 Å². The summed E-state index contributed by atoms with van der Waals surface area (Å²) in [5.41, 5.74) is 0.161. The molecule has 0 fully saturated rings. The number of hydrogen-bond acceptors (Lipinski definition) is 2. The number of hydrogen-bond donors (Lipinski definition) is 0. The minimum atomic E-state index is -2.77. The van der Waals surface area contributed by atoms with Gasteiger partial charge in [0.1, 0.15) is 7.14 Å². The highest BCUT2D eigenvalue weighted by Crippen LogP contribution is 2.68. The van der Waals surface area contributed by atoms with Crippen molar-refractivity contribution >= 4 is 14.6 Å². The molecule has 0 amide bonds. The van der Waals surface area contributed by atoms with Crippen molar-refractivity contribution in [2.75, 3.05) is 32.1 Å². The Morgan fingerprint density at radius 2 is 1.00 bits per heavy atom. The van der Waals surface area contributed by atoms with E-state index in [9.17, 15) is 9.13 Å². The zero-order valence-electron chi connectivity index (χ0n) is 15.3. The fraction of sp³-hybridized carbons (Fsp3) is 1.00. The van der Waals surface area contributed by atoms with Crippen molar-refractivity contribution in [3.8, 4) is 0 Å². The van der Waals surface area contributed by atoms with Crippen molar-refractivity contribution in [3.05, 3.63) is 0 Å². The first-order valence-electron chi connectivity index (χ1n) is 8.32. The fourth-order valence-electron chi connectivity index (χ4n) is 2.90. The highest BCUT2D eigenvalue weighted by atomic mass is 31.2. The average Bonchev–Trinajstić information content (AvgIpc) is 2.40. The smallest absolute Gasteiger partial charge is 0.223 e. The molecule has 0 rings (SSSR count). The van der Waals surface area contributed by atoms with Gasteiger partial charge in [0, 0.05) is 37.5 Å². The van der Waals surface area contributed by atoms with Crippen LogP contribution < -0.4 is 0 Å². The molecule has 0 unspecified atom stereocenters. The second-order valence-corrected chi connectivity index (χ2v) is 13.5. The Hall–Kier alpha value is 0.380. The molecule has 0 aliphatic carbocycles. The van der Waals surface area contributed by atoms with E-state index in [2.05, 4.69) is 0 Å². The second kappa shape index (κ2) is 8.87. The molecule has 0 aromatic rings. The summed E-state index contributed by atoms with van der Waals surface area (Å²) in [6.45, 7) is 19.1. The lowest BCUT2D eigenvalue weighted by Gasteiger charge is -2.41. The minimum absolute atomic E-state index is 0.0805. The van der Waals surface area contributed by atoms with Crippen LogP contribution in [0.2, 0.25) is 0 Å². The van der Waals surface area contributed by atoms with E-state index in [-0.39, 0.29) is 11.3 Å². The first kappa shape index (κ1) is 21.4. The Kier molecular flexibility index (Phi) is 9.03. The summed E-state index contributed by atoms with van der Waals surface area (Å²) in [4.78, 5) is 0. The molecule has 128 valence electrons. The lowest BCUT2D eigenvalue weighted by molar-refractivity contribution is 0.362. The highest BCUT2D eigenvalue weighted by Gasteiger charge is 2.43. The van der Waals surface area contributed by atoms with E-state index < -0.39 is 14.6 Å². The summed E-state index contributed by atoms with van der Waals surface area (Å²) in [7, 11) is -5.26. The van der Waals surface area contributed by atoms with Gasteiger partial charge in [-0.25, -0.2) is 9.34 Å². The summed E-state index contributed by atoms with van der Waals surface area (Å²) in [6.07, 6.45) is 0. The molecule has 0 aromatic heterocycles. The van der Waals surface area contributed by atoms with E-state index in [0.717, 1.165) is 26.2 Å². The SMILES string of the molecule is CCN(CC)P(=O)(CP(=O)(C(C)C)C(C)C)N(CC)CC. The fourth-order valence-corrected chi connectivity index (χ4v) is 12.6. The third kappa shape index (κ3) is 4.67. The second-order valence-electron chi connectivity index (χ2n) is 6.13. The lowest BCUT2D eigenvalue weighted by atomic mass is 10.5. The normalized spacial score (nSPS) is 13.9. The third-order valence-corrected chi connectivity index (χ3v) is 14.1. The van der Waals surface area contributed by atoms with E-state index in [0.29, 0.717) is 5.90 Å². The van der Waals surface area contributed by atoms with E-state index in [1.807, 2.05) is 64.7 Å². The lowest BCUT2D eigenvalue weighted by Crippen LogP contribution is -2.34. The van der Waals surface area contributed by atoms with E-state index in [1.54, 1.807) is 0 Å². The van der Waals surface area contributed by atoms with Crippen LogP contribution in [0.1, 0.15) is 55.4 Å². The van der Waals surface area contributed by atoms with Gasteiger partial charge in [-0.3, -0.25) is 4.57 Å². The molecule has 0 radical (unpaired) electrons. The van der Waals surface area contributed by atoms with E-state index in [1.165, 1.54) is 0 Å².